The van der Waals surface area contributed by atoms with Crippen molar-refractivity contribution in [3.8, 4) is 0 Å². The molecule has 2 heterocycles. The molecule has 2 fully saturated rings. The lowest BCUT2D eigenvalue weighted by molar-refractivity contribution is 0.00578. The van der Waals surface area contributed by atoms with Gasteiger partial charge in [0.2, 0.25) is 0 Å². The zero-order valence-corrected chi connectivity index (χ0v) is 17.2. The molecule has 2 aliphatic rings. The molecule has 4 nitrogen and oxygen atoms in total. The van der Waals surface area contributed by atoms with Crippen LogP contribution >= 0.6 is 0 Å². The predicted molar refractivity (Wildman–Crippen MR) is 99.8 cm³/mol. The first-order valence-corrected chi connectivity index (χ1v) is 9.21. The van der Waals surface area contributed by atoms with Crippen LogP contribution in [0.25, 0.3) is 0 Å². The third-order valence-electron chi connectivity index (χ3n) is 6.25. The lowest BCUT2D eigenvalue weighted by Gasteiger charge is -2.32. The molecule has 0 saturated carbocycles. The van der Waals surface area contributed by atoms with Crippen molar-refractivity contribution >= 4 is 14.2 Å². The molecule has 136 valence electrons. The van der Waals surface area contributed by atoms with Gasteiger partial charge >= 0.3 is 14.2 Å². The van der Waals surface area contributed by atoms with Gasteiger partial charge in [-0.05, 0) is 79.2 Å². The Morgan fingerprint density at radius 3 is 0.917 bits per heavy atom. The van der Waals surface area contributed by atoms with Gasteiger partial charge in [0.05, 0.1) is 22.4 Å². The highest BCUT2D eigenvalue weighted by molar-refractivity contribution is 6.62. The Balaban J connectivity index is 2.36. The fourth-order valence-electron chi connectivity index (χ4n) is 3.06. The molecule has 2 saturated heterocycles. The molecule has 24 heavy (non-hydrogen) atoms. The van der Waals surface area contributed by atoms with Gasteiger partial charge in [0.15, 0.2) is 0 Å². The van der Waals surface area contributed by atoms with E-state index >= 15 is 0 Å². The van der Waals surface area contributed by atoms with Crippen molar-refractivity contribution in [1.29, 1.82) is 0 Å². The summed E-state index contributed by atoms with van der Waals surface area (Å²) in [5.74, 6) is 0. The van der Waals surface area contributed by atoms with Gasteiger partial charge in [-0.15, -0.1) is 0 Å². The second-order valence-corrected chi connectivity index (χ2v) is 8.93. The summed E-state index contributed by atoms with van der Waals surface area (Å²) in [7, 11) is -0.678. The van der Waals surface area contributed by atoms with Crippen LogP contribution in [-0.4, -0.2) is 36.6 Å². The summed E-state index contributed by atoms with van der Waals surface area (Å²) in [6, 6.07) is 0. The number of hydrogen-bond donors (Lipinski definition) is 0. The molecule has 2 rings (SSSR count). The highest BCUT2D eigenvalue weighted by Gasteiger charge is 2.56. The Bertz CT molecular complexity index is 445. The summed E-state index contributed by atoms with van der Waals surface area (Å²) in [5, 5.41) is 0. The molecule has 0 spiro atoms. The van der Waals surface area contributed by atoms with Crippen molar-refractivity contribution in [2.75, 3.05) is 0 Å². The second kappa shape index (κ2) is 6.15. The molecular formula is C18H34B2O4. The Labute approximate surface area is 148 Å². The second-order valence-electron chi connectivity index (χ2n) is 8.93. The molecule has 0 aliphatic carbocycles. The topological polar surface area (TPSA) is 36.9 Å². The number of allylic oxidation sites excluding steroid dienone is 2. The van der Waals surface area contributed by atoms with Crippen molar-refractivity contribution < 1.29 is 18.6 Å². The Kier molecular flexibility index (Phi) is 5.13. The van der Waals surface area contributed by atoms with E-state index < -0.39 is 0 Å². The Morgan fingerprint density at radius 1 is 0.542 bits per heavy atom. The molecule has 0 bridgehead atoms. The minimum absolute atomic E-state index is 0.339. The van der Waals surface area contributed by atoms with Crippen LogP contribution in [0.4, 0.5) is 0 Å². The fourth-order valence-corrected chi connectivity index (χ4v) is 3.06. The maximum atomic E-state index is 6.27. The molecule has 2 aliphatic heterocycles. The van der Waals surface area contributed by atoms with Crippen LogP contribution in [-0.2, 0) is 18.6 Å². The van der Waals surface area contributed by atoms with Crippen LogP contribution in [0.5, 0.6) is 0 Å². The van der Waals surface area contributed by atoms with E-state index in [-0.39, 0.29) is 36.6 Å². The third kappa shape index (κ3) is 3.23. The molecule has 0 N–H and O–H groups in total. The van der Waals surface area contributed by atoms with E-state index in [4.69, 9.17) is 18.6 Å². The number of rotatable bonds is 4. The monoisotopic (exact) mass is 336 g/mol. The van der Waals surface area contributed by atoms with E-state index in [0.29, 0.717) is 0 Å². The van der Waals surface area contributed by atoms with Crippen molar-refractivity contribution in [1.82, 2.24) is 0 Å². The average Bonchev–Trinajstić information content (AvgIpc) is 2.75. The summed E-state index contributed by atoms with van der Waals surface area (Å²) >= 11 is 0. The summed E-state index contributed by atoms with van der Waals surface area (Å²) in [4.78, 5) is 0. The molecular weight excluding hydrogens is 302 g/mol. The predicted octanol–water partition coefficient (Wildman–Crippen LogP) is 4.37. The lowest BCUT2D eigenvalue weighted by atomic mass is 9.63. The smallest absolute Gasteiger partial charge is 0.400 e. The van der Waals surface area contributed by atoms with Crippen molar-refractivity contribution in [2.24, 2.45) is 0 Å². The SMILES string of the molecule is CC/C(B1OC(C)(C)C(C)(C)O1)=C(\CC)B1OC(C)(C)C(C)(C)O1. The maximum Gasteiger partial charge on any atom is 0.489 e. The average molecular weight is 336 g/mol. The van der Waals surface area contributed by atoms with Crippen LogP contribution in [0.1, 0.15) is 82.1 Å². The van der Waals surface area contributed by atoms with Gasteiger partial charge in [-0.1, -0.05) is 13.8 Å². The summed E-state index contributed by atoms with van der Waals surface area (Å²) in [6.45, 7) is 21.0. The minimum Gasteiger partial charge on any atom is -0.400 e. The largest absolute Gasteiger partial charge is 0.489 e. The zero-order valence-electron chi connectivity index (χ0n) is 17.2. The van der Waals surface area contributed by atoms with Crippen molar-refractivity contribution in [3.05, 3.63) is 10.9 Å². The normalized spacial score (nSPS) is 28.2. The Hall–Kier alpha value is -0.290. The third-order valence-corrected chi connectivity index (χ3v) is 6.25. The van der Waals surface area contributed by atoms with E-state index in [2.05, 4.69) is 69.2 Å². The van der Waals surface area contributed by atoms with Gasteiger partial charge in [0, 0.05) is 0 Å². The molecule has 0 radical (unpaired) electrons. The van der Waals surface area contributed by atoms with Crippen LogP contribution in [0, 0.1) is 0 Å². The molecule has 0 aromatic carbocycles. The van der Waals surface area contributed by atoms with Gasteiger partial charge in [-0.25, -0.2) is 0 Å². The fraction of sp³-hybridized carbons (Fsp3) is 0.889. The van der Waals surface area contributed by atoms with E-state index in [1.165, 1.54) is 0 Å². The first-order valence-electron chi connectivity index (χ1n) is 9.21. The maximum absolute atomic E-state index is 6.27. The van der Waals surface area contributed by atoms with Crippen LogP contribution in [0.2, 0.25) is 0 Å². The van der Waals surface area contributed by atoms with Gasteiger partial charge in [-0.2, -0.15) is 0 Å². The van der Waals surface area contributed by atoms with Gasteiger partial charge in [0.1, 0.15) is 0 Å². The standard InChI is InChI=1S/C18H34B2O4/c1-11-13(19-21-15(3,4)16(5,6)22-19)14(12-2)20-23-17(7,8)18(9,10)24-20/h11-12H2,1-10H3/b14-13-. The van der Waals surface area contributed by atoms with Crippen molar-refractivity contribution in [2.45, 2.75) is 104 Å². The molecule has 0 atom stereocenters. The molecule has 0 aromatic rings. The molecule has 0 amide bonds. The quantitative estimate of drug-likeness (QED) is 0.715. The summed E-state index contributed by atoms with van der Waals surface area (Å²) in [6.07, 6.45) is 1.70. The molecule has 0 unspecified atom stereocenters. The van der Waals surface area contributed by atoms with Crippen molar-refractivity contribution in [3.63, 3.8) is 0 Å². The van der Waals surface area contributed by atoms with E-state index in [0.717, 1.165) is 23.8 Å². The van der Waals surface area contributed by atoms with Crippen LogP contribution < -0.4 is 0 Å². The minimum atomic E-state index is -0.340. The lowest BCUT2D eigenvalue weighted by Crippen LogP contribution is -2.41. The highest BCUT2D eigenvalue weighted by atomic mass is 16.7. The first kappa shape index (κ1) is 20.0. The van der Waals surface area contributed by atoms with Crippen LogP contribution in [0.3, 0.4) is 0 Å². The van der Waals surface area contributed by atoms with Gasteiger partial charge in [-0.3, -0.25) is 0 Å². The Morgan fingerprint density at radius 2 is 0.750 bits per heavy atom. The zero-order chi connectivity index (χ0) is 18.6. The van der Waals surface area contributed by atoms with Gasteiger partial charge in [0.25, 0.3) is 0 Å². The van der Waals surface area contributed by atoms with Gasteiger partial charge < -0.3 is 18.6 Å². The van der Waals surface area contributed by atoms with E-state index in [1.807, 2.05) is 0 Å². The molecule has 0 aromatic heterocycles. The van der Waals surface area contributed by atoms with Crippen LogP contribution in [0.15, 0.2) is 10.9 Å². The summed E-state index contributed by atoms with van der Waals surface area (Å²) < 4.78 is 25.1. The highest BCUT2D eigenvalue weighted by Crippen LogP contribution is 2.43. The van der Waals surface area contributed by atoms with E-state index in [1.54, 1.807) is 0 Å². The molecule has 6 heteroatoms. The van der Waals surface area contributed by atoms with E-state index in [9.17, 15) is 0 Å². The summed E-state index contributed by atoms with van der Waals surface area (Å²) in [5.41, 5.74) is 0.934. The number of hydrogen-bond acceptors (Lipinski definition) is 4. The first-order chi connectivity index (χ1) is 10.8.